The van der Waals surface area contributed by atoms with Gasteiger partial charge < -0.3 is 10.6 Å². The van der Waals surface area contributed by atoms with Crippen molar-refractivity contribution in [2.75, 3.05) is 19.6 Å². The van der Waals surface area contributed by atoms with Crippen LogP contribution in [0, 0.1) is 0 Å². The maximum absolute atomic E-state index is 4.59. The third kappa shape index (κ3) is 5.99. The minimum atomic E-state index is 0.800. The molecule has 0 amide bonds. The van der Waals surface area contributed by atoms with Crippen LogP contribution in [0.25, 0.3) is 0 Å². The van der Waals surface area contributed by atoms with Crippen LogP contribution in [0.5, 0.6) is 0 Å². The summed E-state index contributed by atoms with van der Waals surface area (Å²) in [6, 6.07) is 6.20. The number of aryl methyl sites for hydroxylation is 1. The van der Waals surface area contributed by atoms with Gasteiger partial charge in [-0.2, -0.15) is 5.10 Å². The molecule has 114 valence electrons. The van der Waals surface area contributed by atoms with Crippen molar-refractivity contribution in [2.45, 2.75) is 26.3 Å². The van der Waals surface area contributed by atoms with E-state index in [1.807, 2.05) is 16.9 Å². The first-order chi connectivity index (χ1) is 10.4. The molecular weight excluding hydrogens is 282 g/mol. The van der Waals surface area contributed by atoms with Gasteiger partial charge in [0.15, 0.2) is 5.96 Å². The highest BCUT2D eigenvalue weighted by molar-refractivity contribution is 7.09. The lowest BCUT2D eigenvalue weighted by atomic mass is 10.3. The Hall–Kier alpha value is -1.82. The quantitative estimate of drug-likeness (QED) is 0.446. The number of aliphatic imine (C=N–C) groups is 1. The molecule has 0 fully saturated rings. The lowest BCUT2D eigenvalue weighted by Gasteiger charge is -2.10. The summed E-state index contributed by atoms with van der Waals surface area (Å²) in [6.45, 7) is 5.58. The minimum Gasteiger partial charge on any atom is -0.357 e. The Bertz CT molecular complexity index is 504. The van der Waals surface area contributed by atoms with Gasteiger partial charge in [0.05, 0.1) is 0 Å². The van der Waals surface area contributed by atoms with Gasteiger partial charge in [-0.3, -0.25) is 9.67 Å². The molecule has 2 N–H and O–H groups in total. The van der Waals surface area contributed by atoms with Crippen molar-refractivity contribution in [2.24, 2.45) is 4.99 Å². The van der Waals surface area contributed by atoms with Gasteiger partial charge in [-0.05, 0) is 37.3 Å². The first kappa shape index (κ1) is 15.6. The molecule has 0 bridgehead atoms. The zero-order valence-corrected chi connectivity index (χ0v) is 13.3. The normalized spacial score (nSPS) is 11.6. The molecule has 0 aliphatic rings. The van der Waals surface area contributed by atoms with Crippen LogP contribution in [-0.4, -0.2) is 35.4 Å². The predicted molar refractivity (Wildman–Crippen MR) is 88.8 cm³/mol. The summed E-state index contributed by atoms with van der Waals surface area (Å²) in [5.74, 6) is 0.898. The van der Waals surface area contributed by atoms with Crippen molar-refractivity contribution in [1.82, 2.24) is 20.4 Å². The van der Waals surface area contributed by atoms with Crippen LogP contribution < -0.4 is 10.6 Å². The molecule has 21 heavy (non-hydrogen) atoms. The van der Waals surface area contributed by atoms with Crippen molar-refractivity contribution in [3.05, 3.63) is 40.8 Å². The second-order valence-corrected chi connectivity index (χ2v) is 5.67. The van der Waals surface area contributed by atoms with Crippen LogP contribution in [0.4, 0.5) is 0 Å². The number of thiophene rings is 1. The smallest absolute Gasteiger partial charge is 0.191 e. The monoisotopic (exact) mass is 305 g/mol. The second-order valence-electron chi connectivity index (χ2n) is 4.64. The highest BCUT2D eigenvalue weighted by Crippen LogP contribution is 2.07. The van der Waals surface area contributed by atoms with Crippen LogP contribution in [0.3, 0.4) is 0 Å². The van der Waals surface area contributed by atoms with Gasteiger partial charge in [0.2, 0.25) is 0 Å². The summed E-state index contributed by atoms with van der Waals surface area (Å²) in [5, 5.41) is 13.0. The Kier molecular flexibility index (Phi) is 6.80. The van der Waals surface area contributed by atoms with Crippen molar-refractivity contribution in [1.29, 1.82) is 0 Å². The van der Waals surface area contributed by atoms with Gasteiger partial charge in [-0.1, -0.05) is 6.07 Å². The fourth-order valence-electron chi connectivity index (χ4n) is 1.96. The summed E-state index contributed by atoms with van der Waals surface area (Å²) in [5.41, 5.74) is 0. The Morgan fingerprint density at radius 1 is 1.38 bits per heavy atom. The molecule has 0 saturated heterocycles. The average molecular weight is 305 g/mol. The third-order valence-electron chi connectivity index (χ3n) is 2.96. The van der Waals surface area contributed by atoms with Gasteiger partial charge in [0, 0.05) is 43.4 Å². The van der Waals surface area contributed by atoms with Crippen LogP contribution in [0.2, 0.25) is 0 Å². The average Bonchev–Trinajstić information content (AvgIpc) is 3.17. The van der Waals surface area contributed by atoms with Crippen LogP contribution >= 0.6 is 11.3 Å². The van der Waals surface area contributed by atoms with Crippen molar-refractivity contribution >= 4 is 17.3 Å². The maximum atomic E-state index is 4.59. The van der Waals surface area contributed by atoms with Crippen LogP contribution in [-0.2, 0) is 13.0 Å². The molecule has 0 unspecified atom stereocenters. The first-order valence-electron chi connectivity index (χ1n) is 7.40. The molecule has 2 aromatic heterocycles. The minimum absolute atomic E-state index is 0.800. The van der Waals surface area contributed by atoms with E-state index in [4.69, 9.17) is 0 Å². The van der Waals surface area contributed by atoms with Crippen molar-refractivity contribution in [3.8, 4) is 0 Å². The highest BCUT2D eigenvalue weighted by Gasteiger charge is 1.98. The molecule has 0 aliphatic heterocycles. The number of hydrogen-bond acceptors (Lipinski definition) is 3. The number of aromatic nitrogens is 2. The van der Waals surface area contributed by atoms with Gasteiger partial charge in [0.25, 0.3) is 0 Å². The van der Waals surface area contributed by atoms with E-state index >= 15 is 0 Å². The van der Waals surface area contributed by atoms with Gasteiger partial charge in [0.1, 0.15) is 0 Å². The van der Waals surface area contributed by atoms with E-state index in [1.165, 1.54) is 4.88 Å². The summed E-state index contributed by atoms with van der Waals surface area (Å²) >= 11 is 1.80. The number of nitrogens with zero attached hydrogens (tertiary/aromatic N) is 3. The van der Waals surface area contributed by atoms with Crippen LogP contribution in [0.1, 0.15) is 18.2 Å². The Balaban J connectivity index is 1.68. The first-order valence-corrected chi connectivity index (χ1v) is 8.28. The summed E-state index contributed by atoms with van der Waals surface area (Å²) in [6.07, 6.45) is 5.81. The number of nitrogens with one attached hydrogen (secondary N) is 2. The van der Waals surface area contributed by atoms with Crippen molar-refractivity contribution < 1.29 is 0 Å². The maximum Gasteiger partial charge on any atom is 0.191 e. The standard InChI is InChI=1S/C15H23N5S/c1-2-16-15(18-10-7-14-6-3-13-21-14)17-8-4-11-20-12-5-9-19-20/h3,5-6,9,12-13H,2,4,7-8,10-11H2,1H3,(H2,16,17,18). The molecule has 2 rings (SSSR count). The number of hydrogen-bond donors (Lipinski definition) is 2. The molecule has 6 heteroatoms. The van der Waals surface area contributed by atoms with E-state index in [-0.39, 0.29) is 0 Å². The van der Waals surface area contributed by atoms with E-state index < -0.39 is 0 Å². The SMILES string of the molecule is CCNC(=NCCCn1cccn1)NCCc1cccs1. The largest absolute Gasteiger partial charge is 0.357 e. The molecule has 2 heterocycles. The molecule has 0 atom stereocenters. The molecular formula is C15H23N5S. The Labute approximate surface area is 130 Å². The third-order valence-corrected chi connectivity index (χ3v) is 3.90. The second kappa shape index (κ2) is 9.18. The Morgan fingerprint density at radius 3 is 3.05 bits per heavy atom. The summed E-state index contributed by atoms with van der Waals surface area (Å²) in [7, 11) is 0. The molecule has 2 aromatic rings. The van der Waals surface area contributed by atoms with Gasteiger partial charge in [-0.15, -0.1) is 11.3 Å². The fourth-order valence-corrected chi connectivity index (χ4v) is 2.67. The fraction of sp³-hybridized carbons (Fsp3) is 0.467. The molecule has 0 spiro atoms. The van der Waals surface area contributed by atoms with E-state index in [0.717, 1.165) is 45.0 Å². The molecule has 0 saturated carbocycles. The zero-order valence-electron chi connectivity index (χ0n) is 12.5. The Morgan fingerprint density at radius 2 is 2.33 bits per heavy atom. The van der Waals surface area contributed by atoms with E-state index in [2.05, 4.69) is 45.2 Å². The molecule has 0 radical (unpaired) electrons. The lowest BCUT2D eigenvalue weighted by Crippen LogP contribution is -2.38. The predicted octanol–water partition coefficient (Wildman–Crippen LogP) is 2.13. The molecule has 0 aromatic carbocycles. The number of rotatable bonds is 8. The number of guanidine groups is 1. The molecule has 5 nitrogen and oxygen atoms in total. The van der Waals surface area contributed by atoms with E-state index in [1.54, 1.807) is 17.5 Å². The van der Waals surface area contributed by atoms with Gasteiger partial charge >= 0.3 is 0 Å². The van der Waals surface area contributed by atoms with Crippen molar-refractivity contribution in [3.63, 3.8) is 0 Å². The summed E-state index contributed by atoms with van der Waals surface area (Å²) < 4.78 is 1.94. The summed E-state index contributed by atoms with van der Waals surface area (Å²) in [4.78, 5) is 5.99. The van der Waals surface area contributed by atoms with Crippen LogP contribution in [0.15, 0.2) is 41.0 Å². The van der Waals surface area contributed by atoms with E-state index in [9.17, 15) is 0 Å². The lowest BCUT2D eigenvalue weighted by molar-refractivity contribution is 0.584. The molecule has 0 aliphatic carbocycles. The zero-order chi connectivity index (χ0) is 14.8. The van der Waals surface area contributed by atoms with E-state index in [0.29, 0.717) is 0 Å². The topological polar surface area (TPSA) is 54.2 Å². The highest BCUT2D eigenvalue weighted by atomic mass is 32.1. The van der Waals surface area contributed by atoms with Gasteiger partial charge in [-0.25, -0.2) is 0 Å².